The van der Waals surface area contributed by atoms with Crippen molar-refractivity contribution in [3.8, 4) is 0 Å². The second kappa shape index (κ2) is 8.18. The van der Waals surface area contributed by atoms with E-state index in [0.717, 1.165) is 29.5 Å². The van der Waals surface area contributed by atoms with E-state index < -0.39 is 0 Å². The van der Waals surface area contributed by atoms with Crippen molar-refractivity contribution in [3.63, 3.8) is 0 Å². The second-order valence-electron chi connectivity index (χ2n) is 7.83. The van der Waals surface area contributed by atoms with Gasteiger partial charge in [0.2, 0.25) is 11.3 Å². The van der Waals surface area contributed by atoms with Crippen LogP contribution in [0.2, 0.25) is 0 Å². The minimum Gasteiger partial charge on any atom is -0.371 e. The molecule has 1 amide bonds. The molecule has 156 valence electrons. The fourth-order valence-electron chi connectivity index (χ4n) is 4.31. The lowest BCUT2D eigenvalue weighted by Gasteiger charge is -2.30. The first kappa shape index (κ1) is 19.2. The van der Waals surface area contributed by atoms with Crippen LogP contribution in [0, 0.1) is 0 Å². The van der Waals surface area contributed by atoms with Gasteiger partial charge in [-0.25, -0.2) is 0 Å². The van der Waals surface area contributed by atoms with Crippen LogP contribution in [0.4, 0.5) is 11.4 Å². The van der Waals surface area contributed by atoms with Crippen molar-refractivity contribution < 1.29 is 4.79 Å². The van der Waals surface area contributed by atoms with Crippen LogP contribution in [-0.2, 0) is 11.3 Å². The van der Waals surface area contributed by atoms with E-state index in [0.29, 0.717) is 10.9 Å². The summed E-state index contributed by atoms with van der Waals surface area (Å²) >= 11 is 0. The number of carbonyl (C=O) groups is 1. The van der Waals surface area contributed by atoms with Crippen LogP contribution in [0.1, 0.15) is 19.3 Å². The zero-order chi connectivity index (χ0) is 21.2. The summed E-state index contributed by atoms with van der Waals surface area (Å²) in [7, 11) is 0. The number of rotatable bonds is 4. The Morgan fingerprint density at radius 2 is 1.77 bits per heavy atom. The number of fused-ring (bicyclic) bond motifs is 2. The Labute approximate surface area is 179 Å². The van der Waals surface area contributed by atoms with E-state index in [9.17, 15) is 9.59 Å². The number of pyridine rings is 1. The number of para-hydroxylation sites is 1. The third-order valence-corrected chi connectivity index (χ3v) is 5.82. The highest BCUT2D eigenvalue weighted by Crippen LogP contribution is 2.33. The van der Waals surface area contributed by atoms with Crippen molar-refractivity contribution in [2.24, 2.45) is 0 Å². The predicted molar refractivity (Wildman–Crippen MR) is 122 cm³/mol. The molecule has 4 aromatic rings. The van der Waals surface area contributed by atoms with Crippen LogP contribution in [0.25, 0.3) is 21.7 Å². The number of hydrogen-bond donors (Lipinski definition) is 1. The quantitative estimate of drug-likeness (QED) is 0.553. The van der Waals surface area contributed by atoms with E-state index >= 15 is 0 Å². The maximum Gasteiger partial charge on any atom is 0.246 e. The van der Waals surface area contributed by atoms with Crippen LogP contribution in [-0.4, -0.2) is 33.8 Å². The van der Waals surface area contributed by atoms with Gasteiger partial charge in [-0.15, -0.1) is 0 Å². The van der Waals surface area contributed by atoms with Gasteiger partial charge in [0.15, 0.2) is 0 Å². The van der Waals surface area contributed by atoms with E-state index in [4.69, 9.17) is 0 Å². The van der Waals surface area contributed by atoms with Crippen LogP contribution in [0.5, 0.6) is 0 Å². The normalized spacial score (nSPS) is 14.1. The van der Waals surface area contributed by atoms with Gasteiger partial charge in [0, 0.05) is 47.3 Å². The molecule has 1 aliphatic rings. The third-order valence-electron chi connectivity index (χ3n) is 5.82. The molecule has 0 atom stereocenters. The SMILES string of the molecule is O=C(Cn1ncc(=O)c2ccccc21)Nc1ccc(N2CCCCC2)c2ccncc12. The first-order valence-electron chi connectivity index (χ1n) is 10.6. The third kappa shape index (κ3) is 3.74. The zero-order valence-electron chi connectivity index (χ0n) is 17.1. The van der Waals surface area contributed by atoms with Gasteiger partial charge in [-0.05, 0) is 49.6 Å². The summed E-state index contributed by atoms with van der Waals surface area (Å²) < 4.78 is 1.55. The van der Waals surface area contributed by atoms with Gasteiger partial charge in [0.1, 0.15) is 6.54 Å². The summed E-state index contributed by atoms with van der Waals surface area (Å²) in [4.78, 5) is 31.6. The molecule has 0 radical (unpaired) electrons. The lowest BCUT2D eigenvalue weighted by molar-refractivity contribution is -0.116. The Morgan fingerprint density at radius 1 is 0.935 bits per heavy atom. The fraction of sp³-hybridized carbons (Fsp3) is 0.250. The molecule has 1 fully saturated rings. The van der Waals surface area contributed by atoms with Crippen molar-refractivity contribution in [3.05, 3.63) is 71.3 Å². The molecule has 2 aromatic carbocycles. The lowest BCUT2D eigenvalue weighted by Crippen LogP contribution is -2.29. The molecule has 5 rings (SSSR count). The van der Waals surface area contributed by atoms with Crippen molar-refractivity contribution in [2.75, 3.05) is 23.3 Å². The van der Waals surface area contributed by atoms with E-state index in [1.165, 1.54) is 31.1 Å². The van der Waals surface area contributed by atoms with E-state index in [2.05, 4.69) is 26.4 Å². The Hall–Kier alpha value is -3.74. The molecule has 1 N–H and O–H groups in total. The maximum absolute atomic E-state index is 12.9. The molecule has 2 aromatic heterocycles. The summed E-state index contributed by atoms with van der Waals surface area (Å²) in [6.45, 7) is 2.11. The Kier molecular flexibility index (Phi) is 5.08. The number of carbonyl (C=O) groups excluding carboxylic acids is 1. The highest BCUT2D eigenvalue weighted by molar-refractivity contribution is 6.06. The van der Waals surface area contributed by atoms with Gasteiger partial charge in [0.05, 0.1) is 17.4 Å². The molecular weight excluding hydrogens is 390 g/mol. The molecule has 1 aliphatic heterocycles. The average Bonchev–Trinajstić information content (AvgIpc) is 2.82. The smallest absolute Gasteiger partial charge is 0.246 e. The summed E-state index contributed by atoms with van der Waals surface area (Å²) in [6.07, 6.45) is 8.51. The van der Waals surface area contributed by atoms with Gasteiger partial charge < -0.3 is 10.2 Å². The molecule has 1 saturated heterocycles. The minimum atomic E-state index is -0.211. The topological polar surface area (TPSA) is 80.1 Å². The minimum absolute atomic E-state index is 0.0103. The largest absolute Gasteiger partial charge is 0.371 e. The molecule has 0 aliphatic carbocycles. The van der Waals surface area contributed by atoms with Crippen molar-refractivity contribution in [2.45, 2.75) is 25.8 Å². The molecule has 3 heterocycles. The summed E-state index contributed by atoms with van der Waals surface area (Å²) in [5.41, 5.74) is 2.39. The van der Waals surface area contributed by atoms with E-state index in [1.807, 2.05) is 18.2 Å². The number of hydrogen-bond acceptors (Lipinski definition) is 5. The Bertz CT molecular complexity index is 1320. The Morgan fingerprint density at radius 3 is 2.65 bits per heavy atom. The standard InChI is InChI=1S/C24H23N5O2/c30-23-15-26-29(22-7-3-2-6-18(22)23)16-24(31)27-20-8-9-21(28-12-4-1-5-13-28)17-10-11-25-14-19(17)20/h2-3,6-11,14-15H,1,4-5,12-13,16H2,(H,27,31). The first-order chi connectivity index (χ1) is 15.2. The van der Waals surface area contributed by atoms with E-state index in [-0.39, 0.29) is 17.9 Å². The maximum atomic E-state index is 12.9. The number of aromatic nitrogens is 3. The monoisotopic (exact) mass is 413 g/mol. The van der Waals surface area contributed by atoms with Crippen LogP contribution in [0.3, 0.4) is 0 Å². The lowest BCUT2D eigenvalue weighted by atomic mass is 10.1. The highest BCUT2D eigenvalue weighted by Gasteiger charge is 2.16. The second-order valence-corrected chi connectivity index (χ2v) is 7.83. The zero-order valence-corrected chi connectivity index (χ0v) is 17.1. The van der Waals surface area contributed by atoms with Crippen LogP contribution >= 0.6 is 0 Å². The van der Waals surface area contributed by atoms with Gasteiger partial charge in [-0.2, -0.15) is 5.10 Å². The predicted octanol–water partition coefficient (Wildman–Crippen LogP) is 3.57. The fourth-order valence-corrected chi connectivity index (χ4v) is 4.31. The molecule has 0 saturated carbocycles. The first-order valence-corrected chi connectivity index (χ1v) is 10.6. The molecule has 31 heavy (non-hydrogen) atoms. The van der Waals surface area contributed by atoms with Gasteiger partial charge in [-0.1, -0.05) is 12.1 Å². The number of anilines is 2. The number of amides is 1. The number of nitrogens with one attached hydrogen (secondary N) is 1. The Balaban J connectivity index is 1.44. The highest BCUT2D eigenvalue weighted by atomic mass is 16.2. The summed E-state index contributed by atoms with van der Waals surface area (Å²) in [5.74, 6) is -0.211. The van der Waals surface area contributed by atoms with Crippen molar-refractivity contribution in [1.82, 2.24) is 14.8 Å². The summed E-state index contributed by atoms with van der Waals surface area (Å²) in [6, 6.07) is 13.2. The number of nitrogens with zero attached hydrogens (tertiary/aromatic N) is 4. The molecule has 7 heteroatoms. The van der Waals surface area contributed by atoms with E-state index in [1.54, 1.807) is 35.3 Å². The van der Waals surface area contributed by atoms with Gasteiger partial charge in [0.25, 0.3) is 0 Å². The van der Waals surface area contributed by atoms with Gasteiger partial charge in [-0.3, -0.25) is 19.3 Å². The average molecular weight is 413 g/mol. The molecule has 0 spiro atoms. The molecule has 0 bridgehead atoms. The summed E-state index contributed by atoms with van der Waals surface area (Å²) in [5, 5.41) is 9.70. The van der Waals surface area contributed by atoms with Crippen LogP contribution < -0.4 is 15.6 Å². The molecular formula is C24H23N5O2. The van der Waals surface area contributed by atoms with Crippen molar-refractivity contribution >= 4 is 39.0 Å². The molecule has 7 nitrogen and oxygen atoms in total. The van der Waals surface area contributed by atoms with Crippen molar-refractivity contribution in [1.29, 1.82) is 0 Å². The number of benzene rings is 2. The van der Waals surface area contributed by atoms with Crippen LogP contribution in [0.15, 0.2) is 65.8 Å². The number of piperidine rings is 1. The van der Waals surface area contributed by atoms with Gasteiger partial charge >= 0.3 is 0 Å². The molecule has 0 unspecified atom stereocenters.